The van der Waals surface area contributed by atoms with Gasteiger partial charge in [0.1, 0.15) is 0 Å². The second kappa shape index (κ2) is 7.11. The Bertz CT molecular complexity index is 614. The minimum atomic E-state index is 0.247. The van der Waals surface area contributed by atoms with Crippen molar-refractivity contribution in [1.29, 1.82) is 0 Å². The van der Waals surface area contributed by atoms with E-state index in [0.29, 0.717) is 23.9 Å². The molecule has 0 N–H and O–H groups in total. The highest BCUT2D eigenvalue weighted by Crippen LogP contribution is 2.43. The van der Waals surface area contributed by atoms with Crippen LogP contribution in [0, 0.1) is 11.8 Å². The summed E-state index contributed by atoms with van der Waals surface area (Å²) in [4.78, 5) is 18.3. The molecule has 1 amide bonds. The zero-order valence-electron chi connectivity index (χ0n) is 15.8. The van der Waals surface area contributed by atoms with Crippen molar-refractivity contribution >= 4 is 5.91 Å². The van der Waals surface area contributed by atoms with E-state index in [0.717, 1.165) is 38.8 Å². The Balaban J connectivity index is 1.45. The summed E-state index contributed by atoms with van der Waals surface area (Å²) in [5.41, 5.74) is 2.87. The lowest BCUT2D eigenvalue weighted by atomic mass is 9.93. The van der Waals surface area contributed by atoms with Crippen molar-refractivity contribution in [2.45, 2.75) is 64.5 Å². The van der Waals surface area contributed by atoms with E-state index in [2.05, 4.69) is 47.9 Å². The van der Waals surface area contributed by atoms with E-state index in [9.17, 15) is 4.79 Å². The van der Waals surface area contributed by atoms with E-state index in [1.807, 2.05) is 0 Å². The average Bonchev–Trinajstić information content (AvgIpc) is 3.35. The van der Waals surface area contributed by atoms with E-state index < -0.39 is 0 Å². The molecule has 3 nitrogen and oxygen atoms in total. The van der Waals surface area contributed by atoms with E-state index in [4.69, 9.17) is 0 Å². The van der Waals surface area contributed by atoms with Crippen LogP contribution in [0.3, 0.4) is 0 Å². The van der Waals surface area contributed by atoms with Crippen molar-refractivity contribution in [2.24, 2.45) is 11.8 Å². The molecule has 4 rings (SSSR count). The van der Waals surface area contributed by atoms with Gasteiger partial charge in [0.05, 0.1) is 6.04 Å². The Morgan fingerprint density at radius 2 is 1.84 bits per heavy atom. The molecule has 25 heavy (non-hydrogen) atoms. The molecule has 1 saturated heterocycles. The van der Waals surface area contributed by atoms with Gasteiger partial charge < -0.3 is 9.80 Å². The van der Waals surface area contributed by atoms with Gasteiger partial charge in [-0.15, -0.1) is 0 Å². The Morgan fingerprint density at radius 1 is 1.12 bits per heavy atom. The Morgan fingerprint density at radius 3 is 2.52 bits per heavy atom. The Hall–Kier alpha value is -1.35. The first-order valence-electron chi connectivity index (χ1n) is 10.3. The molecular formula is C22H32N2O. The predicted molar refractivity (Wildman–Crippen MR) is 101 cm³/mol. The van der Waals surface area contributed by atoms with Crippen LogP contribution in [-0.4, -0.2) is 41.4 Å². The Kier molecular flexibility index (Phi) is 4.86. The number of benzene rings is 1. The summed E-state index contributed by atoms with van der Waals surface area (Å²) in [7, 11) is 0. The minimum Gasteiger partial charge on any atom is -0.332 e. The molecule has 136 valence electrons. The molecule has 0 bridgehead atoms. The quantitative estimate of drug-likeness (QED) is 0.808. The normalized spacial score (nSPS) is 24.5. The summed E-state index contributed by atoms with van der Waals surface area (Å²) < 4.78 is 0. The first-order chi connectivity index (χ1) is 12.1. The number of rotatable bonds is 5. The van der Waals surface area contributed by atoms with Gasteiger partial charge in [-0.1, -0.05) is 38.1 Å². The average molecular weight is 341 g/mol. The summed E-state index contributed by atoms with van der Waals surface area (Å²) in [5.74, 6) is 1.41. The van der Waals surface area contributed by atoms with Crippen molar-refractivity contribution < 1.29 is 4.79 Å². The lowest BCUT2D eigenvalue weighted by Crippen LogP contribution is -2.45. The number of fused-ring (bicyclic) bond motifs is 1. The number of carbonyl (C=O) groups excluding carboxylic acids is 1. The summed E-state index contributed by atoms with van der Waals surface area (Å²) >= 11 is 0. The van der Waals surface area contributed by atoms with Gasteiger partial charge in [-0.25, -0.2) is 0 Å². The largest absolute Gasteiger partial charge is 0.332 e. The van der Waals surface area contributed by atoms with Crippen molar-refractivity contribution in [3.63, 3.8) is 0 Å². The third kappa shape index (κ3) is 3.62. The number of aryl methyl sites for hydroxylation is 1. The monoisotopic (exact) mass is 340 g/mol. The molecule has 1 atom stereocenters. The van der Waals surface area contributed by atoms with Crippen LogP contribution in [0.4, 0.5) is 0 Å². The highest BCUT2D eigenvalue weighted by Gasteiger charge is 2.42. The topological polar surface area (TPSA) is 23.6 Å². The van der Waals surface area contributed by atoms with Crippen LogP contribution in [-0.2, 0) is 11.2 Å². The first-order valence-corrected chi connectivity index (χ1v) is 10.3. The molecule has 1 aliphatic heterocycles. The maximum Gasteiger partial charge on any atom is 0.226 e. The van der Waals surface area contributed by atoms with Crippen molar-refractivity contribution in [3.05, 3.63) is 35.4 Å². The zero-order chi connectivity index (χ0) is 17.4. The fourth-order valence-electron chi connectivity index (χ4n) is 4.85. The summed E-state index contributed by atoms with van der Waals surface area (Å²) in [6.45, 7) is 7.92. The van der Waals surface area contributed by atoms with Gasteiger partial charge in [0.15, 0.2) is 0 Å². The number of amides is 1. The molecule has 3 heteroatoms. The van der Waals surface area contributed by atoms with E-state index in [-0.39, 0.29) is 5.92 Å². The van der Waals surface area contributed by atoms with Crippen LogP contribution in [0.15, 0.2) is 24.3 Å². The number of piperidine rings is 1. The maximum absolute atomic E-state index is 13.4. The first kappa shape index (κ1) is 17.1. The maximum atomic E-state index is 13.4. The fourth-order valence-corrected chi connectivity index (χ4v) is 4.85. The third-order valence-corrected chi connectivity index (χ3v) is 6.19. The number of likely N-dealkylation sites (tertiary alicyclic amines) is 1. The molecule has 1 aromatic carbocycles. The standard InChI is InChI=1S/C22H32N2O/c1-16(2)15-23-13-11-18(12-14-23)22(25)24(19-8-9-19)21-10-7-17-5-3-4-6-20(17)21/h3-6,16,18-19,21H,7-15H2,1-2H3/t21-/m1/s1. The van der Waals surface area contributed by atoms with E-state index in [1.165, 1.54) is 30.5 Å². The summed E-state index contributed by atoms with van der Waals surface area (Å²) in [5, 5.41) is 0. The van der Waals surface area contributed by atoms with Crippen LogP contribution in [0.2, 0.25) is 0 Å². The van der Waals surface area contributed by atoms with Crippen molar-refractivity contribution in [2.75, 3.05) is 19.6 Å². The van der Waals surface area contributed by atoms with E-state index >= 15 is 0 Å². The second-order valence-electron chi connectivity index (χ2n) is 8.70. The second-order valence-corrected chi connectivity index (χ2v) is 8.70. The molecule has 3 aliphatic rings. The molecule has 0 aromatic heterocycles. The third-order valence-electron chi connectivity index (χ3n) is 6.19. The Labute approximate surface area is 152 Å². The molecule has 0 radical (unpaired) electrons. The summed E-state index contributed by atoms with van der Waals surface area (Å²) in [6, 6.07) is 9.62. The molecule has 0 spiro atoms. The van der Waals surface area contributed by atoms with Crippen LogP contribution < -0.4 is 0 Å². The van der Waals surface area contributed by atoms with Gasteiger partial charge in [-0.3, -0.25) is 4.79 Å². The molecular weight excluding hydrogens is 308 g/mol. The van der Waals surface area contributed by atoms with Gasteiger partial charge >= 0.3 is 0 Å². The molecule has 2 aliphatic carbocycles. The molecule has 2 fully saturated rings. The van der Waals surface area contributed by atoms with Gasteiger partial charge in [0.2, 0.25) is 5.91 Å². The van der Waals surface area contributed by atoms with Crippen LogP contribution >= 0.6 is 0 Å². The van der Waals surface area contributed by atoms with Crippen LogP contribution in [0.1, 0.15) is 63.1 Å². The van der Waals surface area contributed by atoms with Gasteiger partial charge in [-0.2, -0.15) is 0 Å². The van der Waals surface area contributed by atoms with E-state index in [1.54, 1.807) is 0 Å². The molecule has 1 saturated carbocycles. The zero-order valence-corrected chi connectivity index (χ0v) is 15.8. The number of nitrogens with zero attached hydrogens (tertiary/aromatic N) is 2. The predicted octanol–water partition coefficient (Wildman–Crippen LogP) is 4.03. The number of hydrogen-bond donors (Lipinski definition) is 0. The molecule has 0 unspecified atom stereocenters. The lowest BCUT2D eigenvalue weighted by molar-refractivity contribution is -0.140. The number of carbonyl (C=O) groups is 1. The SMILES string of the molecule is CC(C)CN1CCC(C(=O)N(C2CC2)[C@@H]2CCc3ccccc32)CC1. The highest BCUT2D eigenvalue weighted by molar-refractivity contribution is 5.80. The van der Waals surface area contributed by atoms with Crippen LogP contribution in [0.25, 0.3) is 0 Å². The lowest BCUT2D eigenvalue weighted by Gasteiger charge is -2.37. The van der Waals surface area contributed by atoms with Crippen molar-refractivity contribution in [3.8, 4) is 0 Å². The van der Waals surface area contributed by atoms with Gasteiger partial charge in [-0.05, 0) is 68.7 Å². The molecule has 1 aromatic rings. The highest BCUT2D eigenvalue weighted by atomic mass is 16.2. The summed E-state index contributed by atoms with van der Waals surface area (Å²) in [6.07, 6.45) is 6.75. The van der Waals surface area contributed by atoms with Gasteiger partial charge in [0.25, 0.3) is 0 Å². The molecule has 1 heterocycles. The number of hydrogen-bond acceptors (Lipinski definition) is 2. The van der Waals surface area contributed by atoms with Crippen molar-refractivity contribution in [1.82, 2.24) is 9.80 Å². The van der Waals surface area contributed by atoms with Crippen LogP contribution in [0.5, 0.6) is 0 Å². The van der Waals surface area contributed by atoms with Gasteiger partial charge in [0, 0.05) is 18.5 Å². The fraction of sp³-hybridized carbons (Fsp3) is 0.682. The minimum absolute atomic E-state index is 0.247. The smallest absolute Gasteiger partial charge is 0.226 e.